The molecule has 3 atom stereocenters. The second kappa shape index (κ2) is 4.07. The summed E-state index contributed by atoms with van der Waals surface area (Å²) in [6, 6.07) is 1.84. The van der Waals surface area contributed by atoms with Crippen LogP contribution in [-0.4, -0.2) is 35.0 Å². The van der Waals surface area contributed by atoms with Gasteiger partial charge in [-0.2, -0.15) is 5.10 Å². The standard InChI is InChI=1S/C15H20N2O3/c1-15(2)12-9(5-6-19-12)13(15)20-14(18)11-7-10(16-17-11)8-3-4-8/h7-9,12-13H,3-6H2,1-2H3,(H,16,17)/t9-,12+,13-/m0/s1. The first kappa shape index (κ1) is 12.4. The van der Waals surface area contributed by atoms with Gasteiger partial charge in [0.15, 0.2) is 5.69 Å². The number of H-pyrrole nitrogens is 1. The normalized spacial score (nSPS) is 34.4. The minimum Gasteiger partial charge on any atom is -0.457 e. The van der Waals surface area contributed by atoms with E-state index in [1.165, 1.54) is 12.8 Å². The predicted octanol–water partition coefficient (Wildman–Crippen LogP) is 2.26. The quantitative estimate of drug-likeness (QED) is 0.860. The van der Waals surface area contributed by atoms with Crippen molar-refractivity contribution in [2.45, 2.75) is 51.2 Å². The fraction of sp³-hybridized carbons (Fsp3) is 0.733. The van der Waals surface area contributed by atoms with E-state index in [2.05, 4.69) is 24.0 Å². The molecular weight excluding hydrogens is 256 g/mol. The topological polar surface area (TPSA) is 64.2 Å². The first-order valence-corrected chi connectivity index (χ1v) is 7.45. The summed E-state index contributed by atoms with van der Waals surface area (Å²) < 4.78 is 11.4. The van der Waals surface area contributed by atoms with Crippen molar-refractivity contribution < 1.29 is 14.3 Å². The highest BCUT2D eigenvalue weighted by atomic mass is 16.6. The Morgan fingerprint density at radius 2 is 2.25 bits per heavy atom. The molecule has 108 valence electrons. The molecule has 0 radical (unpaired) electrons. The van der Waals surface area contributed by atoms with Gasteiger partial charge in [0, 0.05) is 29.6 Å². The van der Waals surface area contributed by atoms with Crippen LogP contribution >= 0.6 is 0 Å². The molecule has 1 N–H and O–H groups in total. The van der Waals surface area contributed by atoms with E-state index in [-0.39, 0.29) is 23.6 Å². The number of aromatic amines is 1. The number of ether oxygens (including phenoxy) is 2. The van der Waals surface area contributed by atoms with E-state index in [1.807, 2.05) is 6.07 Å². The van der Waals surface area contributed by atoms with E-state index in [1.54, 1.807) is 0 Å². The van der Waals surface area contributed by atoms with Gasteiger partial charge in [-0.15, -0.1) is 0 Å². The molecule has 2 aliphatic carbocycles. The van der Waals surface area contributed by atoms with Crippen LogP contribution < -0.4 is 0 Å². The summed E-state index contributed by atoms with van der Waals surface area (Å²) in [5, 5.41) is 7.04. The van der Waals surface area contributed by atoms with Crippen molar-refractivity contribution in [1.29, 1.82) is 0 Å². The summed E-state index contributed by atoms with van der Waals surface area (Å²) in [5.74, 6) is 0.615. The van der Waals surface area contributed by atoms with Crippen LogP contribution in [0, 0.1) is 11.3 Å². The molecule has 0 unspecified atom stereocenters. The molecule has 1 aliphatic heterocycles. The Morgan fingerprint density at radius 3 is 3.00 bits per heavy atom. The van der Waals surface area contributed by atoms with Crippen LogP contribution in [0.15, 0.2) is 6.07 Å². The number of fused-ring (bicyclic) bond motifs is 1. The highest BCUT2D eigenvalue weighted by molar-refractivity contribution is 5.87. The predicted molar refractivity (Wildman–Crippen MR) is 71.4 cm³/mol. The highest BCUT2D eigenvalue weighted by Gasteiger charge is 2.61. The van der Waals surface area contributed by atoms with Gasteiger partial charge < -0.3 is 9.47 Å². The van der Waals surface area contributed by atoms with Crippen LogP contribution in [-0.2, 0) is 9.47 Å². The average molecular weight is 276 g/mol. The Bertz CT molecular complexity index is 547. The van der Waals surface area contributed by atoms with E-state index in [0.29, 0.717) is 17.5 Å². The summed E-state index contributed by atoms with van der Waals surface area (Å²) in [6.07, 6.45) is 3.55. The first-order chi connectivity index (χ1) is 9.57. The van der Waals surface area contributed by atoms with Crippen molar-refractivity contribution in [1.82, 2.24) is 10.2 Å². The zero-order valence-electron chi connectivity index (χ0n) is 11.9. The average Bonchev–Trinajstić information content (AvgIpc) is 2.99. The Hall–Kier alpha value is -1.36. The lowest BCUT2D eigenvalue weighted by Crippen LogP contribution is -2.61. The molecule has 0 spiro atoms. The molecule has 1 saturated heterocycles. The van der Waals surface area contributed by atoms with Crippen LogP contribution in [0.2, 0.25) is 0 Å². The largest absolute Gasteiger partial charge is 0.457 e. The minimum atomic E-state index is -0.309. The number of nitrogens with one attached hydrogen (secondary N) is 1. The van der Waals surface area contributed by atoms with Crippen molar-refractivity contribution in [3.63, 3.8) is 0 Å². The van der Waals surface area contributed by atoms with Crippen LogP contribution in [0.4, 0.5) is 0 Å². The van der Waals surface area contributed by atoms with Crippen LogP contribution in [0.3, 0.4) is 0 Å². The molecule has 20 heavy (non-hydrogen) atoms. The number of esters is 1. The van der Waals surface area contributed by atoms with E-state index >= 15 is 0 Å². The van der Waals surface area contributed by atoms with Gasteiger partial charge in [-0.25, -0.2) is 4.79 Å². The highest BCUT2D eigenvalue weighted by Crippen LogP contribution is 2.53. The van der Waals surface area contributed by atoms with Crippen molar-refractivity contribution in [3.8, 4) is 0 Å². The number of carbonyl (C=O) groups is 1. The lowest BCUT2D eigenvalue weighted by Gasteiger charge is -2.52. The summed E-state index contributed by atoms with van der Waals surface area (Å²) in [7, 11) is 0. The summed E-state index contributed by atoms with van der Waals surface area (Å²) in [5.41, 5.74) is 1.38. The molecule has 5 heteroatoms. The Morgan fingerprint density at radius 1 is 1.45 bits per heavy atom. The third kappa shape index (κ3) is 1.72. The smallest absolute Gasteiger partial charge is 0.359 e. The molecule has 2 heterocycles. The fourth-order valence-corrected chi connectivity index (χ4v) is 3.74. The second-order valence-electron chi connectivity index (χ2n) is 6.87. The van der Waals surface area contributed by atoms with E-state index < -0.39 is 0 Å². The van der Waals surface area contributed by atoms with Gasteiger partial charge in [0.05, 0.1) is 6.10 Å². The molecule has 0 aromatic carbocycles. The maximum Gasteiger partial charge on any atom is 0.359 e. The maximum absolute atomic E-state index is 12.2. The first-order valence-electron chi connectivity index (χ1n) is 7.45. The van der Waals surface area contributed by atoms with Crippen molar-refractivity contribution in [3.05, 3.63) is 17.5 Å². The van der Waals surface area contributed by atoms with Gasteiger partial charge >= 0.3 is 5.97 Å². The molecule has 1 aromatic heterocycles. The Kier molecular flexibility index (Phi) is 2.52. The van der Waals surface area contributed by atoms with Crippen LogP contribution in [0.5, 0.6) is 0 Å². The molecule has 0 bridgehead atoms. The number of hydrogen-bond acceptors (Lipinski definition) is 4. The lowest BCUT2D eigenvalue weighted by molar-refractivity contribution is -0.183. The van der Waals surface area contributed by atoms with Gasteiger partial charge in [-0.1, -0.05) is 13.8 Å². The summed E-state index contributed by atoms with van der Waals surface area (Å²) >= 11 is 0. The SMILES string of the molecule is CC1(C)[C@@H]2OCC[C@@H]2[C@@H]1OC(=O)c1cc(C2CC2)[nH]n1. The second-order valence-corrected chi connectivity index (χ2v) is 6.87. The molecule has 5 nitrogen and oxygen atoms in total. The molecule has 1 aromatic rings. The number of rotatable bonds is 3. The Balaban J connectivity index is 1.46. The maximum atomic E-state index is 12.2. The third-order valence-corrected chi connectivity index (χ3v) is 5.05. The van der Waals surface area contributed by atoms with Gasteiger partial charge in [-0.05, 0) is 25.3 Å². The minimum absolute atomic E-state index is 0.0522. The van der Waals surface area contributed by atoms with Gasteiger partial charge in [0.2, 0.25) is 0 Å². The van der Waals surface area contributed by atoms with Gasteiger partial charge in [-0.3, -0.25) is 5.10 Å². The van der Waals surface area contributed by atoms with Crippen LogP contribution in [0.1, 0.15) is 55.2 Å². The number of carbonyl (C=O) groups excluding carboxylic acids is 1. The zero-order chi connectivity index (χ0) is 13.9. The molecule has 3 aliphatic rings. The molecular formula is C15H20N2O3. The third-order valence-electron chi connectivity index (χ3n) is 5.05. The molecule has 0 amide bonds. The fourth-order valence-electron chi connectivity index (χ4n) is 3.74. The van der Waals surface area contributed by atoms with E-state index in [0.717, 1.165) is 18.7 Å². The lowest BCUT2D eigenvalue weighted by atomic mass is 9.59. The molecule has 4 rings (SSSR count). The van der Waals surface area contributed by atoms with E-state index in [9.17, 15) is 4.79 Å². The van der Waals surface area contributed by atoms with Gasteiger partial charge in [0.25, 0.3) is 0 Å². The molecule has 3 fully saturated rings. The van der Waals surface area contributed by atoms with Crippen molar-refractivity contribution in [2.75, 3.05) is 6.61 Å². The summed E-state index contributed by atoms with van der Waals surface area (Å²) in [4.78, 5) is 12.2. The van der Waals surface area contributed by atoms with Crippen LogP contribution in [0.25, 0.3) is 0 Å². The zero-order valence-corrected chi connectivity index (χ0v) is 11.9. The number of hydrogen-bond donors (Lipinski definition) is 1. The monoisotopic (exact) mass is 276 g/mol. The molecule has 2 saturated carbocycles. The summed E-state index contributed by atoms with van der Waals surface area (Å²) in [6.45, 7) is 5.00. The Labute approximate surface area is 118 Å². The van der Waals surface area contributed by atoms with Gasteiger partial charge in [0.1, 0.15) is 6.10 Å². The number of nitrogens with zero attached hydrogens (tertiary/aromatic N) is 1. The van der Waals surface area contributed by atoms with Crippen molar-refractivity contribution in [2.24, 2.45) is 11.3 Å². The number of aromatic nitrogens is 2. The van der Waals surface area contributed by atoms with E-state index in [4.69, 9.17) is 9.47 Å². The van der Waals surface area contributed by atoms with Crippen molar-refractivity contribution >= 4 is 5.97 Å².